The van der Waals surface area contributed by atoms with Gasteiger partial charge in [-0.1, -0.05) is 29.8 Å². The minimum absolute atomic E-state index is 0.425. The molecule has 0 aliphatic heterocycles. The van der Waals surface area contributed by atoms with Gasteiger partial charge in [0.05, 0.1) is 0 Å². The summed E-state index contributed by atoms with van der Waals surface area (Å²) >= 11 is 0. The molecule has 0 saturated carbocycles. The SMILES string of the molecule is Cc1ccc(C(F)(F)C(F)(F)c2c(F)c(F)c(F)c(F)c2F)cc1. The lowest BCUT2D eigenvalue weighted by Gasteiger charge is -2.28. The predicted octanol–water partition coefficient (Wildman–Crippen LogP) is 5.57. The lowest BCUT2D eigenvalue weighted by molar-refractivity contribution is -0.227. The normalized spacial score (nSPS) is 12.6. The molecule has 0 atom stereocenters. The molecule has 2 aromatic rings. The first-order valence-electron chi connectivity index (χ1n) is 6.27. The van der Waals surface area contributed by atoms with Gasteiger partial charge in [-0.15, -0.1) is 0 Å². The molecule has 0 unspecified atom stereocenters. The molecule has 130 valence electrons. The van der Waals surface area contributed by atoms with Crippen molar-refractivity contribution in [2.24, 2.45) is 0 Å². The molecule has 0 spiro atoms. The Kier molecular flexibility index (Phi) is 4.32. The van der Waals surface area contributed by atoms with Crippen LogP contribution in [0.1, 0.15) is 16.7 Å². The van der Waals surface area contributed by atoms with Gasteiger partial charge in [0.15, 0.2) is 23.3 Å². The van der Waals surface area contributed by atoms with Gasteiger partial charge in [-0.2, -0.15) is 17.6 Å². The van der Waals surface area contributed by atoms with Crippen LogP contribution in [0.5, 0.6) is 0 Å². The van der Waals surface area contributed by atoms with Gasteiger partial charge in [-0.25, -0.2) is 22.0 Å². The van der Waals surface area contributed by atoms with E-state index in [1.54, 1.807) is 0 Å². The highest BCUT2D eigenvalue weighted by Crippen LogP contribution is 2.51. The summed E-state index contributed by atoms with van der Waals surface area (Å²) in [5.41, 5.74) is -3.80. The molecule has 0 bridgehead atoms. The van der Waals surface area contributed by atoms with Crippen molar-refractivity contribution in [2.45, 2.75) is 18.8 Å². The maximum atomic E-state index is 14.1. The van der Waals surface area contributed by atoms with Gasteiger partial charge in [0.2, 0.25) is 5.82 Å². The molecule has 0 saturated heterocycles. The molecule has 0 aromatic heterocycles. The molecule has 0 aliphatic rings. The van der Waals surface area contributed by atoms with E-state index in [1.165, 1.54) is 6.92 Å². The van der Waals surface area contributed by atoms with Gasteiger partial charge < -0.3 is 0 Å². The predicted molar refractivity (Wildman–Crippen MR) is 65.2 cm³/mol. The summed E-state index contributed by atoms with van der Waals surface area (Å²) in [4.78, 5) is 0. The number of aryl methyl sites for hydroxylation is 1. The van der Waals surface area contributed by atoms with Crippen LogP contribution in [0.4, 0.5) is 39.5 Å². The van der Waals surface area contributed by atoms with E-state index in [0.717, 1.165) is 12.1 Å². The molecule has 0 radical (unpaired) electrons. The second kappa shape index (κ2) is 5.71. The molecule has 0 aliphatic carbocycles. The van der Waals surface area contributed by atoms with Crippen LogP contribution in [0.3, 0.4) is 0 Å². The average molecular weight is 358 g/mol. The van der Waals surface area contributed by atoms with Crippen LogP contribution in [0.15, 0.2) is 24.3 Å². The third kappa shape index (κ3) is 2.51. The van der Waals surface area contributed by atoms with Crippen molar-refractivity contribution < 1.29 is 39.5 Å². The van der Waals surface area contributed by atoms with Crippen molar-refractivity contribution in [3.8, 4) is 0 Å². The van der Waals surface area contributed by atoms with Gasteiger partial charge in [0.1, 0.15) is 5.56 Å². The van der Waals surface area contributed by atoms with Crippen LogP contribution in [0.2, 0.25) is 0 Å². The Morgan fingerprint density at radius 3 is 1.38 bits per heavy atom. The number of hydrogen-bond donors (Lipinski definition) is 0. The summed E-state index contributed by atoms with van der Waals surface area (Å²) in [6.07, 6.45) is 0. The Morgan fingerprint density at radius 2 is 0.958 bits per heavy atom. The van der Waals surface area contributed by atoms with Gasteiger partial charge in [0, 0.05) is 5.56 Å². The standard InChI is InChI=1S/C15H7F9/c1-6-2-4-7(5-3-6)14(21,22)15(23,24)8-9(16)11(18)13(20)12(19)10(8)17/h2-5H,1H3. The Hall–Kier alpha value is -2.19. The monoisotopic (exact) mass is 358 g/mol. The fourth-order valence-electron chi connectivity index (χ4n) is 1.98. The summed E-state index contributed by atoms with van der Waals surface area (Å²) in [5.74, 6) is -25.1. The Bertz CT molecular complexity index is 750. The van der Waals surface area contributed by atoms with Crippen LogP contribution in [-0.4, -0.2) is 0 Å². The first-order chi connectivity index (χ1) is 10.9. The van der Waals surface area contributed by atoms with E-state index in [9.17, 15) is 39.5 Å². The summed E-state index contributed by atoms with van der Waals surface area (Å²) < 4.78 is 122. The number of halogens is 9. The molecule has 2 rings (SSSR count). The lowest BCUT2D eigenvalue weighted by Crippen LogP contribution is -2.38. The van der Waals surface area contributed by atoms with Crippen molar-refractivity contribution in [3.05, 3.63) is 70.0 Å². The summed E-state index contributed by atoms with van der Waals surface area (Å²) in [6.45, 7) is 1.46. The molecule has 9 heteroatoms. The highest BCUT2D eigenvalue weighted by molar-refractivity contribution is 5.34. The number of rotatable bonds is 3. The van der Waals surface area contributed by atoms with Crippen molar-refractivity contribution in [1.82, 2.24) is 0 Å². The van der Waals surface area contributed by atoms with E-state index in [2.05, 4.69) is 0 Å². The number of hydrogen-bond acceptors (Lipinski definition) is 0. The van der Waals surface area contributed by atoms with E-state index in [-0.39, 0.29) is 0 Å². The van der Waals surface area contributed by atoms with Crippen molar-refractivity contribution >= 4 is 0 Å². The first kappa shape index (κ1) is 18.2. The average Bonchev–Trinajstić information content (AvgIpc) is 2.51. The third-order valence-corrected chi connectivity index (χ3v) is 3.33. The van der Waals surface area contributed by atoms with Crippen molar-refractivity contribution in [2.75, 3.05) is 0 Å². The molecular weight excluding hydrogens is 351 g/mol. The summed E-state index contributed by atoms with van der Waals surface area (Å²) in [6, 6.07) is 3.18. The molecule has 0 amide bonds. The topological polar surface area (TPSA) is 0 Å². The van der Waals surface area contributed by atoms with E-state index >= 15 is 0 Å². The highest BCUT2D eigenvalue weighted by atomic mass is 19.3. The minimum atomic E-state index is -5.69. The molecule has 0 nitrogen and oxygen atoms in total. The zero-order chi connectivity index (χ0) is 18.4. The van der Waals surface area contributed by atoms with Crippen molar-refractivity contribution in [1.29, 1.82) is 0 Å². The highest BCUT2D eigenvalue weighted by Gasteiger charge is 2.62. The van der Waals surface area contributed by atoms with Crippen LogP contribution in [-0.2, 0) is 11.8 Å². The molecule has 0 fully saturated rings. The zero-order valence-electron chi connectivity index (χ0n) is 11.7. The number of benzene rings is 2. The maximum absolute atomic E-state index is 14.1. The molecule has 0 heterocycles. The van der Waals surface area contributed by atoms with Crippen molar-refractivity contribution in [3.63, 3.8) is 0 Å². The molecular formula is C15H7F9. The lowest BCUT2D eigenvalue weighted by atomic mass is 9.94. The van der Waals surface area contributed by atoms with Crippen LogP contribution >= 0.6 is 0 Å². The number of alkyl halides is 4. The first-order valence-corrected chi connectivity index (χ1v) is 6.27. The Labute approximate surface area is 129 Å². The Balaban J connectivity index is 2.72. The van der Waals surface area contributed by atoms with Gasteiger partial charge in [0.25, 0.3) is 0 Å². The second-order valence-corrected chi connectivity index (χ2v) is 4.96. The molecule has 24 heavy (non-hydrogen) atoms. The molecule has 0 N–H and O–H groups in total. The second-order valence-electron chi connectivity index (χ2n) is 4.96. The zero-order valence-corrected chi connectivity index (χ0v) is 11.7. The van der Waals surface area contributed by atoms with Gasteiger partial charge in [-0.3, -0.25) is 0 Å². The fourth-order valence-corrected chi connectivity index (χ4v) is 1.98. The minimum Gasteiger partial charge on any atom is -0.203 e. The van der Waals surface area contributed by atoms with Gasteiger partial charge >= 0.3 is 11.8 Å². The van der Waals surface area contributed by atoms with E-state index in [4.69, 9.17) is 0 Å². The summed E-state index contributed by atoms with van der Waals surface area (Å²) in [5, 5.41) is 0. The Morgan fingerprint density at radius 1 is 0.583 bits per heavy atom. The van der Waals surface area contributed by atoms with E-state index in [1.807, 2.05) is 0 Å². The fraction of sp³-hybridized carbons (Fsp3) is 0.200. The smallest absolute Gasteiger partial charge is 0.203 e. The van der Waals surface area contributed by atoms with Crippen LogP contribution in [0.25, 0.3) is 0 Å². The van der Waals surface area contributed by atoms with E-state index < -0.39 is 52.1 Å². The largest absolute Gasteiger partial charge is 0.345 e. The van der Waals surface area contributed by atoms with Crippen LogP contribution < -0.4 is 0 Å². The van der Waals surface area contributed by atoms with Crippen LogP contribution in [0, 0.1) is 36.0 Å². The third-order valence-electron chi connectivity index (χ3n) is 3.33. The quantitative estimate of drug-likeness (QED) is 0.382. The summed E-state index contributed by atoms with van der Waals surface area (Å²) in [7, 11) is 0. The van der Waals surface area contributed by atoms with Gasteiger partial charge in [-0.05, 0) is 6.92 Å². The maximum Gasteiger partial charge on any atom is 0.345 e. The van der Waals surface area contributed by atoms with E-state index in [0.29, 0.717) is 17.7 Å². The molecule has 2 aromatic carbocycles.